The van der Waals surface area contributed by atoms with E-state index in [0.717, 1.165) is 17.5 Å². The van der Waals surface area contributed by atoms with Gasteiger partial charge in [0.15, 0.2) is 0 Å². The lowest BCUT2D eigenvalue weighted by atomic mass is 10.1. The number of benzene rings is 1. The van der Waals surface area contributed by atoms with Crippen molar-refractivity contribution < 1.29 is 9.53 Å². The van der Waals surface area contributed by atoms with Crippen LogP contribution in [0.2, 0.25) is 0 Å². The molecule has 1 rings (SSSR count). The van der Waals surface area contributed by atoms with Gasteiger partial charge in [-0.05, 0) is 11.1 Å². The second kappa shape index (κ2) is 5.14. The first-order valence-electron chi connectivity index (χ1n) is 4.07. The van der Waals surface area contributed by atoms with Gasteiger partial charge >= 0.3 is 6.47 Å². The molecule has 0 aliphatic rings. The minimum atomic E-state index is 0.386. The molecule has 0 saturated carbocycles. The van der Waals surface area contributed by atoms with Crippen LogP contribution in [0.25, 0.3) is 6.08 Å². The quantitative estimate of drug-likeness (QED) is 0.639. The first kappa shape index (κ1) is 9.52. The number of rotatable bonds is 5. The first-order chi connectivity index (χ1) is 6.36. The highest BCUT2D eigenvalue weighted by Gasteiger charge is 1.92. The fraction of sp³-hybridized carbons (Fsp3) is 0.182. The molecule has 0 atom stereocenters. The normalized spacial score (nSPS) is 9.23. The van der Waals surface area contributed by atoms with Crippen LogP contribution in [0.5, 0.6) is 0 Å². The van der Waals surface area contributed by atoms with Gasteiger partial charge in [0.1, 0.15) is 0 Å². The van der Waals surface area contributed by atoms with Gasteiger partial charge < -0.3 is 4.74 Å². The van der Waals surface area contributed by atoms with Crippen molar-refractivity contribution in [3.05, 3.63) is 42.0 Å². The lowest BCUT2D eigenvalue weighted by molar-refractivity contribution is 0.282. The van der Waals surface area contributed by atoms with Crippen LogP contribution >= 0.6 is 0 Å². The summed E-state index contributed by atoms with van der Waals surface area (Å²) in [5, 5.41) is 0. The Labute approximate surface area is 77.8 Å². The molecular formula is C11H11O2. The minimum absolute atomic E-state index is 0.386. The van der Waals surface area contributed by atoms with Crippen LogP contribution in [-0.2, 0) is 16.0 Å². The average molecular weight is 175 g/mol. The molecule has 0 aliphatic heterocycles. The van der Waals surface area contributed by atoms with Gasteiger partial charge in [-0.15, -0.1) is 0 Å². The highest BCUT2D eigenvalue weighted by atomic mass is 16.5. The summed E-state index contributed by atoms with van der Waals surface area (Å²) in [7, 11) is 0. The maximum Gasteiger partial charge on any atom is 0.417 e. The van der Waals surface area contributed by atoms with Crippen LogP contribution in [-0.4, -0.2) is 13.1 Å². The molecule has 0 spiro atoms. The number of carbonyl (C=O) groups excluding carboxylic acids is 1. The molecule has 0 saturated heterocycles. The highest BCUT2D eigenvalue weighted by molar-refractivity contribution is 5.47. The van der Waals surface area contributed by atoms with Gasteiger partial charge in [0.2, 0.25) is 0 Å². The van der Waals surface area contributed by atoms with E-state index in [1.807, 2.05) is 24.3 Å². The van der Waals surface area contributed by atoms with E-state index in [0.29, 0.717) is 6.61 Å². The van der Waals surface area contributed by atoms with Crippen LogP contribution in [0.4, 0.5) is 0 Å². The van der Waals surface area contributed by atoms with Crippen molar-refractivity contribution in [3.63, 3.8) is 0 Å². The fourth-order valence-electron chi connectivity index (χ4n) is 1.03. The van der Waals surface area contributed by atoms with Crippen molar-refractivity contribution in [1.82, 2.24) is 0 Å². The Morgan fingerprint density at radius 2 is 2.08 bits per heavy atom. The summed E-state index contributed by atoms with van der Waals surface area (Å²) >= 11 is 0. The topological polar surface area (TPSA) is 26.3 Å². The molecule has 1 radical (unpaired) electrons. The molecule has 0 N–H and O–H groups in total. The zero-order valence-electron chi connectivity index (χ0n) is 7.32. The summed E-state index contributed by atoms with van der Waals surface area (Å²) in [5.74, 6) is 0. The van der Waals surface area contributed by atoms with Crippen molar-refractivity contribution in [2.24, 2.45) is 0 Å². The van der Waals surface area contributed by atoms with Crippen molar-refractivity contribution >= 4 is 12.5 Å². The van der Waals surface area contributed by atoms with Crippen LogP contribution in [0.15, 0.2) is 30.8 Å². The molecule has 67 valence electrons. The molecule has 0 bridgehead atoms. The molecule has 0 amide bonds. The molecule has 0 heterocycles. The van der Waals surface area contributed by atoms with E-state index >= 15 is 0 Å². The van der Waals surface area contributed by atoms with Gasteiger partial charge in [-0.1, -0.05) is 36.9 Å². The van der Waals surface area contributed by atoms with Crippen molar-refractivity contribution in [2.75, 3.05) is 6.61 Å². The predicted molar refractivity (Wildman–Crippen MR) is 51.9 cm³/mol. The van der Waals surface area contributed by atoms with Gasteiger partial charge in [-0.25, -0.2) is 4.79 Å². The molecule has 0 fully saturated rings. The SMILES string of the molecule is C=Cc1ccc(CCO[C]=O)cc1. The Bertz CT molecular complexity index is 275. The summed E-state index contributed by atoms with van der Waals surface area (Å²) in [6.45, 7) is 5.44. The van der Waals surface area contributed by atoms with E-state index in [1.165, 1.54) is 6.47 Å². The Balaban J connectivity index is 2.48. The fourth-order valence-corrected chi connectivity index (χ4v) is 1.03. The minimum Gasteiger partial charge on any atom is -0.457 e. The average Bonchev–Trinajstić information content (AvgIpc) is 2.19. The summed E-state index contributed by atoms with van der Waals surface area (Å²) < 4.78 is 4.47. The standard InChI is InChI=1S/C11H11O2/c1-2-10-3-5-11(6-4-10)7-8-13-9-12/h2-6H,1,7-8H2. The third-order valence-electron chi connectivity index (χ3n) is 1.77. The molecular weight excluding hydrogens is 164 g/mol. The maximum atomic E-state index is 9.74. The second-order valence-corrected chi connectivity index (χ2v) is 2.63. The van der Waals surface area contributed by atoms with E-state index in [9.17, 15) is 4.79 Å². The summed E-state index contributed by atoms with van der Waals surface area (Å²) in [5.41, 5.74) is 2.23. The lowest BCUT2D eigenvalue weighted by Gasteiger charge is -1.99. The van der Waals surface area contributed by atoms with Gasteiger partial charge in [0.25, 0.3) is 0 Å². The number of hydrogen-bond acceptors (Lipinski definition) is 2. The van der Waals surface area contributed by atoms with Crippen molar-refractivity contribution in [3.8, 4) is 0 Å². The molecule has 13 heavy (non-hydrogen) atoms. The third kappa shape index (κ3) is 3.11. The largest absolute Gasteiger partial charge is 0.457 e. The predicted octanol–water partition coefficient (Wildman–Crippen LogP) is 1.96. The zero-order chi connectivity index (χ0) is 9.52. The van der Waals surface area contributed by atoms with Crippen LogP contribution < -0.4 is 0 Å². The van der Waals surface area contributed by atoms with Crippen molar-refractivity contribution in [2.45, 2.75) is 6.42 Å². The molecule has 2 nitrogen and oxygen atoms in total. The molecule has 1 aromatic rings. The van der Waals surface area contributed by atoms with E-state index in [1.54, 1.807) is 6.08 Å². The third-order valence-corrected chi connectivity index (χ3v) is 1.77. The van der Waals surface area contributed by atoms with Crippen LogP contribution in [0.1, 0.15) is 11.1 Å². The second-order valence-electron chi connectivity index (χ2n) is 2.63. The Kier molecular flexibility index (Phi) is 3.76. The van der Waals surface area contributed by atoms with E-state index in [4.69, 9.17) is 0 Å². The summed E-state index contributed by atoms with van der Waals surface area (Å²) in [6, 6.07) is 7.94. The van der Waals surface area contributed by atoms with E-state index in [2.05, 4.69) is 11.3 Å². The van der Waals surface area contributed by atoms with Gasteiger partial charge in [0.05, 0.1) is 6.61 Å². The molecule has 0 aliphatic carbocycles. The zero-order valence-corrected chi connectivity index (χ0v) is 7.32. The number of hydrogen-bond donors (Lipinski definition) is 0. The maximum absolute atomic E-state index is 9.74. The van der Waals surface area contributed by atoms with E-state index in [-0.39, 0.29) is 0 Å². The van der Waals surface area contributed by atoms with Gasteiger partial charge in [-0.2, -0.15) is 0 Å². The first-order valence-corrected chi connectivity index (χ1v) is 4.07. The smallest absolute Gasteiger partial charge is 0.417 e. The Morgan fingerprint density at radius 1 is 1.38 bits per heavy atom. The Morgan fingerprint density at radius 3 is 2.62 bits per heavy atom. The van der Waals surface area contributed by atoms with Crippen molar-refractivity contribution in [1.29, 1.82) is 0 Å². The highest BCUT2D eigenvalue weighted by Crippen LogP contribution is 2.05. The molecule has 2 heteroatoms. The van der Waals surface area contributed by atoms with Crippen LogP contribution in [0.3, 0.4) is 0 Å². The molecule has 0 aromatic heterocycles. The molecule has 1 aromatic carbocycles. The van der Waals surface area contributed by atoms with Crippen LogP contribution in [0, 0.1) is 0 Å². The lowest BCUT2D eigenvalue weighted by Crippen LogP contribution is -1.96. The summed E-state index contributed by atoms with van der Waals surface area (Å²) in [4.78, 5) is 9.74. The number of ether oxygens (including phenoxy) is 1. The molecule has 0 unspecified atom stereocenters. The van der Waals surface area contributed by atoms with Gasteiger partial charge in [0, 0.05) is 6.42 Å². The monoisotopic (exact) mass is 175 g/mol. The van der Waals surface area contributed by atoms with Gasteiger partial charge in [-0.3, -0.25) is 0 Å². The summed E-state index contributed by atoms with van der Waals surface area (Å²) in [6.07, 6.45) is 2.52. The van der Waals surface area contributed by atoms with E-state index < -0.39 is 0 Å². The Hall–Kier alpha value is -1.57.